The summed E-state index contributed by atoms with van der Waals surface area (Å²) in [5.41, 5.74) is 3.47. The molecular formula is C25H25N3O4. The average molecular weight is 431 g/mol. The number of hydrogen-bond donors (Lipinski definition) is 1. The van der Waals surface area contributed by atoms with Crippen LogP contribution in [0.2, 0.25) is 0 Å². The SMILES string of the molecule is COc1ccc(OCc2ccc(C(=O)Nc3c(C)nn(Cc4ccccc4)c3C)o2)cc1. The standard InChI is InChI=1S/C25H25N3O4/c1-17-24(18(2)28(27-17)15-19-7-5-4-6-8-19)26-25(29)23-14-13-22(32-23)16-31-21-11-9-20(30-3)10-12-21/h4-14H,15-16H2,1-3H3,(H,26,29). The zero-order valence-electron chi connectivity index (χ0n) is 18.3. The first-order valence-electron chi connectivity index (χ1n) is 10.3. The molecule has 0 spiro atoms. The van der Waals surface area contributed by atoms with Crippen LogP contribution in [0, 0.1) is 13.8 Å². The van der Waals surface area contributed by atoms with Crippen molar-refractivity contribution in [3.05, 3.63) is 95.2 Å². The Morgan fingerprint density at radius 2 is 1.72 bits per heavy atom. The molecule has 0 saturated carbocycles. The second-order valence-electron chi connectivity index (χ2n) is 7.37. The van der Waals surface area contributed by atoms with Crippen molar-refractivity contribution in [1.82, 2.24) is 9.78 Å². The molecule has 0 atom stereocenters. The maximum absolute atomic E-state index is 12.7. The van der Waals surface area contributed by atoms with Crippen LogP contribution in [0.15, 0.2) is 71.1 Å². The van der Waals surface area contributed by atoms with E-state index in [2.05, 4.69) is 10.4 Å². The first-order valence-corrected chi connectivity index (χ1v) is 10.3. The second kappa shape index (κ2) is 9.43. The van der Waals surface area contributed by atoms with Gasteiger partial charge in [0.25, 0.3) is 5.91 Å². The van der Waals surface area contributed by atoms with Crippen LogP contribution in [0.25, 0.3) is 0 Å². The minimum atomic E-state index is -0.328. The molecule has 164 valence electrons. The van der Waals surface area contributed by atoms with Gasteiger partial charge in [-0.2, -0.15) is 5.10 Å². The first-order chi connectivity index (χ1) is 15.5. The number of methoxy groups -OCH3 is 1. The molecule has 0 unspecified atom stereocenters. The Balaban J connectivity index is 1.39. The van der Waals surface area contributed by atoms with Crippen molar-refractivity contribution in [2.45, 2.75) is 27.0 Å². The quantitative estimate of drug-likeness (QED) is 0.426. The number of carbonyl (C=O) groups excluding carboxylic acids is 1. The molecule has 1 N–H and O–H groups in total. The summed E-state index contributed by atoms with van der Waals surface area (Å²) in [5, 5.41) is 7.51. The minimum absolute atomic E-state index is 0.215. The van der Waals surface area contributed by atoms with Crippen LogP contribution >= 0.6 is 0 Å². The summed E-state index contributed by atoms with van der Waals surface area (Å²) < 4.78 is 18.4. The van der Waals surface area contributed by atoms with Crippen LogP contribution < -0.4 is 14.8 Å². The van der Waals surface area contributed by atoms with Crippen molar-refractivity contribution in [2.75, 3.05) is 12.4 Å². The fourth-order valence-corrected chi connectivity index (χ4v) is 3.37. The lowest BCUT2D eigenvalue weighted by molar-refractivity contribution is 0.0992. The molecule has 0 aliphatic heterocycles. The lowest BCUT2D eigenvalue weighted by atomic mass is 10.2. The first kappa shape index (κ1) is 21.2. The van der Waals surface area contributed by atoms with Crippen molar-refractivity contribution in [3.63, 3.8) is 0 Å². The molecule has 0 fully saturated rings. The average Bonchev–Trinajstić information content (AvgIpc) is 3.39. The van der Waals surface area contributed by atoms with E-state index in [4.69, 9.17) is 13.9 Å². The van der Waals surface area contributed by atoms with Gasteiger partial charge in [-0.1, -0.05) is 30.3 Å². The van der Waals surface area contributed by atoms with Crippen LogP contribution in [-0.4, -0.2) is 22.8 Å². The maximum atomic E-state index is 12.7. The summed E-state index contributed by atoms with van der Waals surface area (Å²) in [5.74, 6) is 1.88. The Morgan fingerprint density at radius 3 is 2.44 bits per heavy atom. The second-order valence-corrected chi connectivity index (χ2v) is 7.37. The van der Waals surface area contributed by atoms with Crippen LogP contribution in [0.5, 0.6) is 11.5 Å². The zero-order chi connectivity index (χ0) is 22.5. The van der Waals surface area contributed by atoms with Crippen molar-refractivity contribution < 1.29 is 18.7 Å². The molecule has 1 amide bonds. The molecule has 0 aliphatic carbocycles. The number of nitrogens with one attached hydrogen (secondary N) is 1. The molecule has 4 aromatic rings. The normalized spacial score (nSPS) is 10.7. The van der Waals surface area contributed by atoms with E-state index in [9.17, 15) is 4.79 Å². The van der Waals surface area contributed by atoms with Crippen LogP contribution in [0.3, 0.4) is 0 Å². The summed E-state index contributed by atoms with van der Waals surface area (Å²) in [6, 6.07) is 20.7. The maximum Gasteiger partial charge on any atom is 0.291 e. The lowest BCUT2D eigenvalue weighted by Crippen LogP contribution is -2.12. The summed E-state index contributed by atoms with van der Waals surface area (Å²) >= 11 is 0. The Kier molecular flexibility index (Phi) is 6.26. The molecule has 7 nitrogen and oxygen atoms in total. The third kappa shape index (κ3) is 4.83. The number of aryl methyl sites for hydroxylation is 1. The fourth-order valence-electron chi connectivity index (χ4n) is 3.37. The Labute approximate surface area is 186 Å². The molecule has 7 heteroatoms. The topological polar surface area (TPSA) is 78.5 Å². The number of carbonyl (C=O) groups is 1. The van der Waals surface area contributed by atoms with Gasteiger partial charge in [-0.25, -0.2) is 0 Å². The van der Waals surface area contributed by atoms with Gasteiger partial charge in [0.05, 0.1) is 30.7 Å². The highest BCUT2D eigenvalue weighted by molar-refractivity contribution is 6.02. The third-order valence-electron chi connectivity index (χ3n) is 5.12. The van der Waals surface area contributed by atoms with Gasteiger partial charge in [-0.3, -0.25) is 9.48 Å². The van der Waals surface area contributed by atoms with Crippen molar-refractivity contribution >= 4 is 11.6 Å². The number of aromatic nitrogens is 2. The number of anilines is 1. The number of furan rings is 1. The number of nitrogens with zero attached hydrogens (tertiary/aromatic N) is 2. The Morgan fingerprint density at radius 1 is 1.00 bits per heavy atom. The van der Waals surface area contributed by atoms with Crippen LogP contribution in [0.4, 0.5) is 5.69 Å². The smallest absolute Gasteiger partial charge is 0.291 e. The predicted molar refractivity (Wildman–Crippen MR) is 121 cm³/mol. The largest absolute Gasteiger partial charge is 0.497 e. The lowest BCUT2D eigenvalue weighted by Gasteiger charge is -2.07. The van der Waals surface area contributed by atoms with Crippen molar-refractivity contribution in [1.29, 1.82) is 0 Å². The monoisotopic (exact) mass is 431 g/mol. The highest BCUT2D eigenvalue weighted by atomic mass is 16.5. The van der Waals surface area contributed by atoms with Crippen LogP contribution in [-0.2, 0) is 13.2 Å². The molecule has 0 aliphatic rings. The van der Waals surface area contributed by atoms with Gasteiger partial charge in [0, 0.05) is 0 Å². The van der Waals surface area contributed by atoms with Gasteiger partial charge in [0.2, 0.25) is 0 Å². The number of hydrogen-bond acceptors (Lipinski definition) is 5. The molecule has 4 rings (SSSR count). The summed E-state index contributed by atoms with van der Waals surface area (Å²) in [6.45, 7) is 4.67. The Bertz CT molecular complexity index is 1190. The number of rotatable bonds is 8. The van der Waals surface area contributed by atoms with E-state index < -0.39 is 0 Å². The van der Waals surface area contributed by atoms with Crippen LogP contribution in [0.1, 0.15) is 33.3 Å². The van der Waals surface area contributed by atoms with Gasteiger partial charge in [0.15, 0.2) is 5.76 Å². The van der Waals surface area contributed by atoms with E-state index in [0.717, 1.165) is 22.7 Å². The minimum Gasteiger partial charge on any atom is -0.497 e. The highest BCUT2D eigenvalue weighted by Crippen LogP contribution is 2.23. The van der Waals surface area contributed by atoms with Gasteiger partial charge >= 0.3 is 0 Å². The highest BCUT2D eigenvalue weighted by Gasteiger charge is 2.18. The van der Waals surface area contributed by atoms with E-state index in [1.54, 1.807) is 19.2 Å². The van der Waals surface area contributed by atoms with E-state index >= 15 is 0 Å². The molecule has 32 heavy (non-hydrogen) atoms. The molecule has 0 bridgehead atoms. The number of ether oxygens (including phenoxy) is 2. The van der Waals surface area contributed by atoms with E-state index in [0.29, 0.717) is 23.7 Å². The fraction of sp³-hybridized carbons (Fsp3) is 0.200. The zero-order valence-corrected chi connectivity index (χ0v) is 18.3. The summed E-state index contributed by atoms with van der Waals surface area (Å²) in [6.07, 6.45) is 0. The molecule has 2 aromatic heterocycles. The molecule has 2 heterocycles. The van der Waals surface area contributed by atoms with Crippen molar-refractivity contribution in [2.24, 2.45) is 0 Å². The van der Waals surface area contributed by atoms with E-state index in [1.807, 2.05) is 73.1 Å². The molecule has 2 aromatic carbocycles. The van der Waals surface area contributed by atoms with Gasteiger partial charge in [-0.05, 0) is 55.8 Å². The summed E-state index contributed by atoms with van der Waals surface area (Å²) in [4.78, 5) is 12.7. The van der Waals surface area contributed by atoms with Gasteiger partial charge < -0.3 is 19.2 Å². The van der Waals surface area contributed by atoms with E-state index in [1.165, 1.54) is 0 Å². The number of benzene rings is 2. The molecular weight excluding hydrogens is 406 g/mol. The summed E-state index contributed by atoms with van der Waals surface area (Å²) in [7, 11) is 1.61. The molecule has 0 radical (unpaired) electrons. The number of amides is 1. The molecule has 0 saturated heterocycles. The van der Waals surface area contributed by atoms with Crippen molar-refractivity contribution in [3.8, 4) is 11.5 Å². The predicted octanol–water partition coefficient (Wildman–Crippen LogP) is 4.98. The van der Waals surface area contributed by atoms with Gasteiger partial charge in [-0.15, -0.1) is 0 Å². The van der Waals surface area contributed by atoms with E-state index in [-0.39, 0.29) is 18.3 Å². The third-order valence-corrected chi connectivity index (χ3v) is 5.12. The van der Waals surface area contributed by atoms with Gasteiger partial charge in [0.1, 0.15) is 23.9 Å². The Hall–Kier alpha value is -4.00.